The molecule has 25 heavy (non-hydrogen) atoms. The van der Waals surface area contributed by atoms with Crippen LogP contribution in [0.2, 0.25) is 0 Å². The third-order valence-electron chi connectivity index (χ3n) is 3.11. The molecule has 0 heterocycles. The zero-order valence-electron chi connectivity index (χ0n) is 12.7. The van der Waals surface area contributed by atoms with Crippen LogP contribution in [0.5, 0.6) is 0 Å². The van der Waals surface area contributed by atoms with E-state index in [2.05, 4.69) is 5.32 Å². The Bertz CT molecular complexity index is 815. The van der Waals surface area contributed by atoms with Gasteiger partial charge in [-0.15, -0.1) is 0 Å². The number of anilines is 2. The molecule has 0 aliphatic heterocycles. The lowest BCUT2D eigenvalue weighted by Gasteiger charge is -2.14. The van der Waals surface area contributed by atoms with Gasteiger partial charge in [-0.05, 0) is 36.4 Å². The summed E-state index contributed by atoms with van der Waals surface area (Å²) in [5.74, 6) is -1.72. The SMILES string of the molecule is N=C(N)C(=N)OC(=N)c1ccccc1Nc1ccc(C(F)(F)F)cc1. The monoisotopic (exact) mass is 349 g/mol. The molecule has 0 saturated heterocycles. The highest BCUT2D eigenvalue weighted by Crippen LogP contribution is 2.30. The number of hydrogen-bond donors (Lipinski definition) is 5. The van der Waals surface area contributed by atoms with Crippen molar-refractivity contribution in [3.8, 4) is 0 Å². The summed E-state index contributed by atoms with van der Waals surface area (Å²) in [6.45, 7) is 0. The number of alkyl halides is 3. The smallest absolute Gasteiger partial charge is 0.416 e. The first kappa shape index (κ1) is 18.0. The van der Waals surface area contributed by atoms with Crippen LogP contribution >= 0.6 is 0 Å². The highest BCUT2D eigenvalue weighted by atomic mass is 19.4. The van der Waals surface area contributed by atoms with E-state index in [4.69, 9.17) is 26.7 Å². The molecule has 0 aliphatic rings. The van der Waals surface area contributed by atoms with E-state index < -0.39 is 29.4 Å². The number of nitrogens with one attached hydrogen (secondary N) is 4. The highest BCUT2D eigenvalue weighted by molar-refractivity contribution is 6.36. The summed E-state index contributed by atoms with van der Waals surface area (Å²) in [4.78, 5) is 0. The van der Waals surface area contributed by atoms with Crippen molar-refractivity contribution in [2.24, 2.45) is 5.73 Å². The van der Waals surface area contributed by atoms with Crippen molar-refractivity contribution >= 4 is 29.0 Å². The van der Waals surface area contributed by atoms with Crippen molar-refractivity contribution in [1.29, 1.82) is 16.2 Å². The average molecular weight is 349 g/mol. The number of ether oxygens (including phenoxy) is 1. The zero-order valence-corrected chi connectivity index (χ0v) is 12.7. The molecule has 9 heteroatoms. The molecule has 6 nitrogen and oxygen atoms in total. The van der Waals surface area contributed by atoms with Crippen LogP contribution in [0.1, 0.15) is 11.1 Å². The van der Waals surface area contributed by atoms with Gasteiger partial charge in [-0.25, -0.2) is 0 Å². The summed E-state index contributed by atoms with van der Waals surface area (Å²) >= 11 is 0. The van der Waals surface area contributed by atoms with Gasteiger partial charge in [0.05, 0.1) is 16.8 Å². The van der Waals surface area contributed by atoms with Gasteiger partial charge in [0.2, 0.25) is 5.90 Å². The van der Waals surface area contributed by atoms with E-state index in [0.29, 0.717) is 11.4 Å². The summed E-state index contributed by atoms with van der Waals surface area (Å²) in [6, 6.07) is 10.8. The topological polar surface area (TPSA) is 119 Å². The molecule has 0 bridgehead atoms. The predicted molar refractivity (Wildman–Crippen MR) is 88.7 cm³/mol. The number of amidine groups is 1. The minimum atomic E-state index is -4.42. The van der Waals surface area contributed by atoms with Crippen LogP contribution in [-0.2, 0) is 10.9 Å². The maximum absolute atomic E-state index is 12.6. The van der Waals surface area contributed by atoms with E-state index in [1.165, 1.54) is 18.2 Å². The molecule has 0 aliphatic carbocycles. The van der Waals surface area contributed by atoms with E-state index in [-0.39, 0.29) is 5.56 Å². The molecule has 0 atom stereocenters. The lowest BCUT2D eigenvalue weighted by Crippen LogP contribution is -2.26. The van der Waals surface area contributed by atoms with E-state index in [9.17, 15) is 13.2 Å². The van der Waals surface area contributed by atoms with Gasteiger partial charge in [-0.3, -0.25) is 16.2 Å². The van der Waals surface area contributed by atoms with Crippen molar-refractivity contribution in [2.75, 3.05) is 5.32 Å². The summed E-state index contributed by atoms with van der Waals surface area (Å²) in [7, 11) is 0. The Kier molecular flexibility index (Phi) is 5.06. The minimum Gasteiger partial charge on any atom is -0.417 e. The summed E-state index contributed by atoms with van der Waals surface area (Å²) in [6.07, 6.45) is -4.42. The fraction of sp³-hybridized carbons (Fsp3) is 0.0625. The van der Waals surface area contributed by atoms with Gasteiger partial charge >= 0.3 is 6.18 Å². The molecule has 0 saturated carbocycles. The number of halogens is 3. The second-order valence-electron chi connectivity index (χ2n) is 4.92. The number of nitrogens with two attached hydrogens (primary N) is 1. The van der Waals surface area contributed by atoms with Gasteiger partial charge < -0.3 is 15.8 Å². The maximum atomic E-state index is 12.6. The van der Waals surface area contributed by atoms with Gasteiger partial charge in [0.1, 0.15) is 0 Å². The van der Waals surface area contributed by atoms with Gasteiger partial charge in [0, 0.05) is 5.69 Å². The van der Waals surface area contributed by atoms with E-state index in [0.717, 1.165) is 12.1 Å². The largest absolute Gasteiger partial charge is 0.417 e. The van der Waals surface area contributed by atoms with Gasteiger partial charge in [-0.1, -0.05) is 12.1 Å². The first-order chi connectivity index (χ1) is 11.7. The molecular weight excluding hydrogens is 335 g/mol. The van der Waals surface area contributed by atoms with E-state index in [1.807, 2.05) is 0 Å². The van der Waals surface area contributed by atoms with E-state index >= 15 is 0 Å². The second-order valence-corrected chi connectivity index (χ2v) is 4.92. The maximum Gasteiger partial charge on any atom is 0.416 e. The number of rotatable bonds is 3. The molecule has 0 unspecified atom stereocenters. The van der Waals surface area contributed by atoms with Crippen molar-refractivity contribution in [1.82, 2.24) is 0 Å². The summed E-state index contributed by atoms with van der Waals surface area (Å²) in [5.41, 5.74) is 5.37. The molecule has 0 amide bonds. The van der Waals surface area contributed by atoms with Gasteiger partial charge in [-0.2, -0.15) is 13.2 Å². The van der Waals surface area contributed by atoms with Gasteiger partial charge in [0.15, 0.2) is 5.84 Å². The van der Waals surface area contributed by atoms with Crippen LogP contribution in [0, 0.1) is 16.2 Å². The molecule has 0 spiro atoms. The molecule has 0 radical (unpaired) electrons. The summed E-state index contributed by atoms with van der Waals surface area (Å²) in [5, 5.41) is 25.2. The number of benzene rings is 2. The Balaban J connectivity index is 2.22. The normalized spacial score (nSPS) is 10.8. The first-order valence-electron chi connectivity index (χ1n) is 6.91. The molecule has 2 aromatic carbocycles. The van der Waals surface area contributed by atoms with Crippen molar-refractivity contribution < 1.29 is 17.9 Å². The Hall–Kier alpha value is -3.36. The molecule has 6 N–H and O–H groups in total. The zero-order chi connectivity index (χ0) is 18.6. The first-order valence-corrected chi connectivity index (χ1v) is 6.91. The third-order valence-corrected chi connectivity index (χ3v) is 3.11. The second kappa shape index (κ2) is 7.04. The molecule has 0 fully saturated rings. The lowest BCUT2D eigenvalue weighted by molar-refractivity contribution is -0.137. The fourth-order valence-corrected chi connectivity index (χ4v) is 1.90. The quantitative estimate of drug-likeness (QED) is 0.429. The highest BCUT2D eigenvalue weighted by Gasteiger charge is 2.29. The van der Waals surface area contributed by atoms with Crippen LogP contribution < -0.4 is 11.1 Å². The Morgan fingerprint density at radius 3 is 2.12 bits per heavy atom. The molecular formula is C16H14F3N5O. The van der Waals surface area contributed by atoms with Crippen LogP contribution in [0.4, 0.5) is 24.5 Å². The number of hydrogen-bond acceptors (Lipinski definition) is 5. The molecule has 2 rings (SSSR count). The average Bonchev–Trinajstić information content (AvgIpc) is 2.54. The van der Waals surface area contributed by atoms with Crippen molar-refractivity contribution in [3.05, 3.63) is 59.7 Å². The van der Waals surface area contributed by atoms with Crippen LogP contribution in [0.25, 0.3) is 0 Å². The van der Waals surface area contributed by atoms with Crippen molar-refractivity contribution in [3.63, 3.8) is 0 Å². The summed E-state index contributed by atoms with van der Waals surface area (Å²) < 4.78 is 42.6. The standard InChI is InChI=1S/C16H14F3N5O/c17-16(18,19)9-5-7-10(8-6-9)24-12-4-2-1-3-11(12)14(22)25-15(23)13(20)21/h1-8,22-24H,(H3,20,21). The number of para-hydroxylation sites is 1. The predicted octanol–water partition coefficient (Wildman–Crippen LogP) is 3.70. The Morgan fingerprint density at radius 1 is 0.960 bits per heavy atom. The van der Waals surface area contributed by atoms with Crippen molar-refractivity contribution in [2.45, 2.75) is 6.18 Å². The van der Waals surface area contributed by atoms with Crippen LogP contribution in [0.15, 0.2) is 48.5 Å². The van der Waals surface area contributed by atoms with Crippen LogP contribution in [0.3, 0.4) is 0 Å². The molecule has 130 valence electrons. The Labute approximate surface area is 141 Å². The molecule has 2 aromatic rings. The molecule has 0 aromatic heterocycles. The Morgan fingerprint density at radius 2 is 1.56 bits per heavy atom. The fourth-order valence-electron chi connectivity index (χ4n) is 1.90. The minimum absolute atomic E-state index is 0.258. The van der Waals surface area contributed by atoms with E-state index in [1.54, 1.807) is 18.2 Å². The third kappa shape index (κ3) is 4.56. The lowest BCUT2D eigenvalue weighted by atomic mass is 10.1. The van der Waals surface area contributed by atoms with Crippen LogP contribution in [-0.4, -0.2) is 17.6 Å². The van der Waals surface area contributed by atoms with Gasteiger partial charge in [0.25, 0.3) is 5.90 Å².